The molecule has 3 rings (SSSR count). The van der Waals surface area contributed by atoms with Crippen LogP contribution in [0.1, 0.15) is 91.2 Å². The van der Waals surface area contributed by atoms with Gasteiger partial charge in [-0.05, 0) is 51.4 Å². The molecule has 0 aliphatic carbocycles. The molecule has 2 aromatic rings. The minimum absolute atomic E-state index is 0.0242. The Balaban J connectivity index is 1.28. The van der Waals surface area contributed by atoms with Crippen LogP contribution in [0.2, 0.25) is 0 Å². The summed E-state index contributed by atoms with van der Waals surface area (Å²) in [6.45, 7) is 2.45. The van der Waals surface area contributed by atoms with Crippen molar-refractivity contribution in [2.45, 2.75) is 122 Å². The van der Waals surface area contributed by atoms with Crippen molar-refractivity contribution in [2.24, 2.45) is 5.41 Å². The van der Waals surface area contributed by atoms with Gasteiger partial charge in [-0.25, -0.2) is 28.6 Å². The Labute approximate surface area is 433 Å². The molecule has 0 radical (unpaired) electrons. The monoisotopic (exact) mass is 1120 g/mol. The van der Waals surface area contributed by atoms with Crippen molar-refractivity contribution >= 4 is 69.1 Å². The number of hydrogen-bond acceptors (Lipinski definition) is 19. The lowest BCUT2D eigenvalue weighted by Crippen LogP contribution is -2.46. The summed E-state index contributed by atoms with van der Waals surface area (Å²) in [6, 6.07) is 0. The van der Waals surface area contributed by atoms with Crippen LogP contribution in [0.4, 0.5) is 5.82 Å². The molecule has 29 heteroatoms. The van der Waals surface area contributed by atoms with Crippen molar-refractivity contribution in [3.05, 3.63) is 85.6 Å². The Morgan fingerprint density at radius 2 is 1.43 bits per heavy atom. The number of aromatic nitrogens is 4. The molecule has 2 amide bonds. The maximum Gasteiger partial charge on any atom is 0.481 e. The number of carbonyl (C=O) groups is 3. The fourth-order valence-corrected chi connectivity index (χ4v) is 10.1. The van der Waals surface area contributed by atoms with E-state index in [2.05, 4.69) is 102 Å². The lowest BCUT2D eigenvalue weighted by atomic mass is 9.87. The van der Waals surface area contributed by atoms with Gasteiger partial charge >= 0.3 is 23.5 Å². The normalized spacial score (nSPS) is 20.4. The summed E-state index contributed by atoms with van der Waals surface area (Å²) < 4.78 is 62.5. The van der Waals surface area contributed by atoms with Crippen LogP contribution in [0.5, 0.6) is 0 Å². The molecule has 3 heterocycles. The molecule has 1 fully saturated rings. The third kappa shape index (κ3) is 24.7. The van der Waals surface area contributed by atoms with Crippen LogP contribution in [-0.4, -0.2) is 134 Å². The number of imidazole rings is 1. The summed E-state index contributed by atoms with van der Waals surface area (Å²) >= 11 is 0.964. The predicted molar refractivity (Wildman–Crippen MR) is 275 cm³/mol. The number of rotatable bonds is 35. The van der Waals surface area contributed by atoms with E-state index in [9.17, 15) is 63.0 Å². The Kier molecular flexibility index (Phi) is 28.2. The molecule has 25 nitrogen and oxygen atoms in total. The molecule has 2 aromatic heterocycles. The van der Waals surface area contributed by atoms with Gasteiger partial charge in [0.1, 0.15) is 36.3 Å². The molecule has 8 atom stereocenters. The van der Waals surface area contributed by atoms with E-state index in [1.54, 1.807) is 0 Å². The Bertz CT molecular complexity index is 2430. The maximum atomic E-state index is 12.8. The van der Waals surface area contributed by atoms with Crippen molar-refractivity contribution in [2.75, 3.05) is 37.8 Å². The number of allylic oxidation sites excluding steroid dienone is 12. The van der Waals surface area contributed by atoms with Gasteiger partial charge in [0, 0.05) is 37.1 Å². The first kappa shape index (κ1) is 64.2. The minimum atomic E-state index is -5.60. The third-order valence-corrected chi connectivity index (χ3v) is 14.4. The quantitative estimate of drug-likeness (QED) is 0.0249. The number of ether oxygens (including phenoxy) is 1. The zero-order valence-electron chi connectivity index (χ0n) is 41.4. The first-order chi connectivity index (χ1) is 34.9. The van der Waals surface area contributed by atoms with Crippen molar-refractivity contribution < 1.29 is 85.6 Å². The number of nitrogens with two attached hydrogens (primary N) is 1. The number of thioether (sulfide) groups is 1. The van der Waals surface area contributed by atoms with E-state index >= 15 is 0 Å². The van der Waals surface area contributed by atoms with E-state index in [-0.39, 0.29) is 53.8 Å². The van der Waals surface area contributed by atoms with Crippen LogP contribution >= 0.6 is 35.2 Å². The summed E-state index contributed by atoms with van der Waals surface area (Å²) in [7, 11) is -16.5. The molecule has 414 valence electrons. The minimum Gasteiger partial charge on any atom is -0.393 e. The standard InChI is InChI=1S/C45H70N7O18P3S/c1-4-5-6-7-8-9-10-11-12-13-14-15-16-17-18-19-20-21-22-23-33(53)28-36(55)74-27-26-47-35(54)24-25-48-43(58)40(57)45(2,3)30-67-73(64,65)70-72(62,63)66-29-34-39(69-71(59,60)61)38(56)44(68-34)52-32-51-37-41(46)49-31-50-42(37)52/h5-6,8-9,11-12,14-15,17-18,20-21,31-34,38-40,44,53,56-57H,4,7,10,13,16,19,22-30H2,1-3H3,(H,47,54)(H,48,58)(H,62,63)(H,64,65)(H2,46,49,50)(H2,59,60,61)/b6-5-,9-8-,12-11-,15-14-,18-17-,21-20-/t33?,34-,38?,39?,40+,44-/m1/s1. The van der Waals surface area contributed by atoms with Crippen LogP contribution in [0, 0.1) is 5.41 Å². The lowest BCUT2D eigenvalue weighted by Gasteiger charge is -2.30. The molecule has 0 spiro atoms. The number of fused-ring (bicyclic) bond motifs is 1. The fraction of sp³-hybridized carbons (Fsp3) is 0.556. The van der Waals surface area contributed by atoms with Crippen molar-refractivity contribution in [1.29, 1.82) is 0 Å². The van der Waals surface area contributed by atoms with Crippen LogP contribution in [0.15, 0.2) is 85.6 Å². The topological polar surface area (TPSA) is 384 Å². The van der Waals surface area contributed by atoms with Gasteiger partial charge in [0.25, 0.3) is 0 Å². The molecular formula is C45H70N7O18P3S. The van der Waals surface area contributed by atoms with Gasteiger partial charge in [-0.2, -0.15) is 4.31 Å². The average Bonchev–Trinajstić information content (AvgIpc) is 3.89. The second kappa shape index (κ2) is 32.5. The molecule has 1 aliphatic rings. The van der Waals surface area contributed by atoms with Gasteiger partial charge in [-0.3, -0.25) is 32.5 Å². The number of aliphatic hydroxyl groups is 3. The molecule has 0 bridgehead atoms. The molecule has 11 N–H and O–H groups in total. The van der Waals surface area contributed by atoms with E-state index in [1.807, 2.05) is 12.2 Å². The summed E-state index contributed by atoms with van der Waals surface area (Å²) in [5.41, 5.74) is 4.24. The highest BCUT2D eigenvalue weighted by atomic mass is 32.2. The number of amides is 2. The number of phosphoric ester groups is 3. The number of anilines is 1. The fourth-order valence-electron chi connectivity index (χ4n) is 6.58. The molecule has 74 heavy (non-hydrogen) atoms. The van der Waals surface area contributed by atoms with Crippen LogP contribution in [0.3, 0.4) is 0 Å². The van der Waals surface area contributed by atoms with Crippen molar-refractivity contribution in [3.8, 4) is 0 Å². The number of hydrogen-bond donors (Lipinski definition) is 10. The predicted octanol–water partition coefficient (Wildman–Crippen LogP) is 4.89. The number of phosphoric acid groups is 3. The second-order valence-corrected chi connectivity index (χ2v) is 22.5. The van der Waals surface area contributed by atoms with Gasteiger partial charge in [0.15, 0.2) is 22.8 Å². The Hall–Kier alpha value is -4.04. The van der Waals surface area contributed by atoms with Crippen LogP contribution < -0.4 is 16.4 Å². The zero-order valence-corrected chi connectivity index (χ0v) is 44.9. The summed E-state index contributed by atoms with van der Waals surface area (Å²) in [5.74, 6) is -1.28. The van der Waals surface area contributed by atoms with Gasteiger partial charge in [0.2, 0.25) is 11.8 Å². The molecule has 0 aromatic carbocycles. The first-order valence-electron chi connectivity index (χ1n) is 23.6. The zero-order chi connectivity index (χ0) is 54.8. The molecule has 1 saturated heterocycles. The van der Waals surface area contributed by atoms with E-state index in [4.69, 9.17) is 19.5 Å². The Morgan fingerprint density at radius 1 is 0.851 bits per heavy atom. The number of nitrogen functional groups attached to an aromatic ring is 1. The highest BCUT2D eigenvalue weighted by Crippen LogP contribution is 2.61. The highest BCUT2D eigenvalue weighted by Gasteiger charge is 2.50. The van der Waals surface area contributed by atoms with Crippen molar-refractivity contribution in [3.63, 3.8) is 0 Å². The molecule has 1 aliphatic heterocycles. The average molecular weight is 1120 g/mol. The Morgan fingerprint density at radius 3 is 2.03 bits per heavy atom. The number of nitrogens with one attached hydrogen (secondary N) is 2. The summed E-state index contributed by atoms with van der Waals surface area (Å²) in [5, 5.41) is 36.6. The molecule has 0 saturated carbocycles. The van der Waals surface area contributed by atoms with Crippen molar-refractivity contribution in [1.82, 2.24) is 30.2 Å². The number of nitrogens with zero attached hydrogens (tertiary/aromatic N) is 4. The molecular weight excluding hydrogens is 1050 g/mol. The van der Waals surface area contributed by atoms with Gasteiger partial charge < -0.3 is 56.0 Å². The lowest BCUT2D eigenvalue weighted by molar-refractivity contribution is -0.137. The number of carbonyl (C=O) groups excluding carboxylic acids is 3. The van der Waals surface area contributed by atoms with E-state index in [0.29, 0.717) is 12.8 Å². The second-order valence-electron chi connectivity index (χ2n) is 17.1. The first-order valence-corrected chi connectivity index (χ1v) is 29.1. The third-order valence-electron chi connectivity index (χ3n) is 10.4. The van der Waals surface area contributed by atoms with Gasteiger partial charge in [0.05, 0.1) is 25.6 Å². The van der Waals surface area contributed by atoms with Gasteiger partial charge in [-0.1, -0.05) is 105 Å². The maximum absolute atomic E-state index is 12.8. The smallest absolute Gasteiger partial charge is 0.393 e. The summed E-state index contributed by atoms with van der Waals surface area (Å²) in [4.78, 5) is 88.5. The van der Waals surface area contributed by atoms with E-state index in [0.717, 1.165) is 67.5 Å². The summed E-state index contributed by atoms with van der Waals surface area (Å²) in [6.07, 6.45) is 24.0. The van der Waals surface area contributed by atoms with E-state index in [1.165, 1.54) is 13.8 Å². The SMILES string of the molecule is CC/C=C\C/C=C\C/C=C\C/C=C\C/C=C\C/C=C\CCC(O)CC(=O)SCCNC(=O)CCNC(=O)[C@H](O)C(C)(C)COP(=O)(O)OP(=O)(O)OC[C@H]1O[C@@H](n2cnc3c(N)ncnc32)C(O)C1OP(=O)(O)O. The van der Waals surface area contributed by atoms with Crippen LogP contribution in [0.25, 0.3) is 11.2 Å². The van der Waals surface area contributed by atoms with Crippen LogP contribution in [-0.2, 0) is 50.7 Å². The highest BCUT2D eigenvalue weighted by molar-refractivity contribution is 8.13. The number of aliphatic hydroxyl groups excluding tert-OH is 3. The largest absolute Gasteiger partial charge is 0.481 e. The van der Waals surface area contributed by atoms with E-state index < -0.39 is 90.7 Å². The van der Waals surface area contributed by atoms with Gasteiger partial charge in [-0.15, -0.1) is 0 Å². The molecule has 5 unspecified atom stereocenters.